The summed E-state index contributed by atoms with van der Waals surface area (Å²) >= 11 is 1.16. The molecular formula is C7H12N4OS. The van der Waals surface area contributed by atoms with Gasteiger partial charge < -0.3 is 10.6 Å². The second-order valence-electron chi connectivity index (χ2n) is 3.11. The zero-order valence-electron chi connectivity index (χ0n) is 7.79. The quantitative estimate of drug-likeness (QED) is 0.744. The Morgan fingerprint density at radius 1 is 1.62 bits per heavy atom. The summed E-state index contributed by atoms with van der Waals surface area (Å²) in [7, 11) is 1.74. The van der Waals surface area contributed by atoms with Crippen LogP contribution in [0.2, 0.25) is 0 Å². The van der Waals surface area contributed by atoms with E-state index in [2.05, 4.69) is 20.2 Å². The minimum atomic E-state index is -0.579. The molecule has 0 saturated carbocycles. The highest BCUT2D eigenvalue weighted by atomic mass is 32.1. The van der Waals surface area contributed by atoms with Crippen LogP contribution in [0.1, 0.15) is 13.8 Å². The first-order chi connectivity index (χ1) is 6.06. The lowest BCUT2D eigenvalue weighted by atomic mass is 10.1. The minimum absolute atomic E-state index is 0.0962. The number of hydrogen-bond donors (Lipinski definition) is 2. The number of aromatic nitrogens is 2. The fourth-order valence-electron chi connectivity index (χ4n) is 0.604. The van der Waals surface area contributed by atoms with Gasteiger partial charge in [-0.05, 0) is 20.9 Å². The Labute approximate surface area is 80.7 Å². The average Bonchev–Trinajstić information content (AvgIpc) is 2.57. The number of likely N-dealkylation sites (N-methyl/N-ethyl adjacent to an activating group) is 1. The van der Waals surface area contributed by atoms with Crippen LogP contribution in [0.5, 0.6) is 0 Å². The minimum Gasteiger partial charge on any atom is -0.313 e. The SMILES string of the molecule is CNC(C)(C)C(=O)Nc1cnns1. The van der Waals surface area contributed by atoms with E-state index in [-0.39, 0.29) is 5.91 Å². The number of anilines is 1. The van der Waals surface area contributed by atoms with Gasteiger partial charge in [0.2, 0.25) is 5.91 Å². The molecule has 13 heavy (non-hydrogen) atoms. The van der Waals surface area contributed by atoms with Crippen LogP contribution in [0.25, 0.3) is 0 Å². The van der Waals surface area contributed by atoms with E-state index in [0.717, 1.165) is 11.5 Å². The normalized spacial score (nSPS) is 11.3. The average molecular weight is 200 g/mol. The fourth-order valence-corrected chi connectivity index (χ4v) is 1.02. The first-order valence-corrected chi connectivity index (χ1v) is 4.61. The topological polar surface area (TPSA) is 66.9 Å². The molecule has 0 aliphatic carbocycles. The Morgan fingerprint density at radius 3 is 2.77 bits per heavy atom. The number of nitrogens with zero attached hydrogens (tertiary/aromatic N) is 2. The highest BCUT2D eigenvalue weighted by molar-refractivity contribution is 7.10. The van der Waals surface area contributed by atoms with Crippen LogP contribution in [-0.4, -0.2) is 28.1 Å². The van der Waals surface area contributed by atoms with E-state index in [1.54, 1.807) is 20.9 Å². The second kappa shape index (κ2) is 3.80. The monoisotopic (exact) mass is 200 g/mol. The van der Waals surface area contributed by atoms with Crippen molar-refractivity contribution in [1.82, 2.24) is 14.9 Å². The number of rotatable bonds is 3. The Kier molecular flexibility index (Phi) is 2.94. The lowest BCUT2D eigenvalue weighted by Crippen LogP contribution is -2.47. The number of carbonyl (C=O) groups is 1. The van der Waals surface area contributed by atoms with Crippen molar-refractivity contribution in [3.05, 3.63) is 6.20 Å². The van der Waals surface area contributed by atoms with Crippen LogP contribution in [0.4, 0.5) is 5.00 Å². The van der Waals surface area contributed by atoms with E-state index >= 15 is 0 Å². The zero-order valence-corrected chi connectivity index (χ0v) is 8.60. The van der Waals surface area contributed by atoms with E-state index in [1.807, 2.05) is 0 Å². The van der Waals surface area contributed by atoms with Gasteiger partial charge >= 0.3 is 0 Å². The van der Waals surface area contributed by atoms with Gasteiger partial charge in [-0.1, -0.05) is 4.49 Å². The van der Waals surface area contributed by atoms with Crippen LogP contribution < -0.4 is 10.6 Å². The lowest BCUT2D eigenvalue weighted by molar-refractivity contribution is -0.121. The van der Waals surface area contributed by atoms with Gasteiger partial charge in [0.1, 0.15) is 5.00 Å². The summed E-state index contributed by atoms with van der Waals surface area (Å²) in [5.74, 6) is -0.0962. The molecule has 1 rings (SSSR count). The molecule has 0 aliphatic heterocycles. The van der Waals surface area contributed by atoms with Crippen molar-refractivity contribution in [1.29, 1.82) is 0 Å². The molecule has 1 heterocycles. The molecule has 6 heteroatoms. The Balaban J connectivity index is 2.61. The largest absolute Gasteiger partial charge is 0.313 e. The van der Waals surface area contributed by atoms with E-state index < -0.39 is 5.54 Å². The van der Waals surface area contributed by atoms with Gasteiger partial charge in [-0.15, -0.1) is 5.10 Å². The van der Waals surface area contributed by atoms with E-state index in [1.165, 1.54) is 6.20 Å². The third kappa shape index (κ3) is 2.46. The summed E-state index contributed by atoms with van der Waals surface area (Å²) in [4.78, 5) is 11.5. The van der Waals surface area contributed by atoms with Crippen LogP contribution in [0, 0.1) is 0 Å². The summed E-state index contributed by atoms with van der Waals surface area (Å²) in [6.45, 7) is 3.60. The molecule has 0 saturated heterocycles. The predicted molar refractivity (Wildman–Crippen MR) is 51.7 cm³/mol. The molecule has 1 amide bonds. The number of carbonyl (C=O) groups excluding carboxylic acids is 1. The summed E-state index contributed by atoms with van der Waals surface area (Å²) in [6.07, 6.45) is 1.52. The standard InChI is InChI=1S/C7H12N4OS/c1-7(2,8-3)6(12)10-5-4-9-11-13-5/h4,8H,1-3H3,(H,10,12). The van der Waals surface area contributed by atoms with Crippen molar-refractivity contribution < 1.29 is 4.79 Å². The molecule has 0 aliphatic rings. The zero-order chi connectivity index (χ0) is 9.90. The van der Waals surface area contributed by atoms with E-state index in [9.17, 15) is 4.79 Å². The molecule has 0 spiro atoms. The van der Waals surface area contributed by atoms with Crippen LogP contribution in [0.15, 0.2) is 6.20 Å². The third-order valence-corrected chi connectivity index (χ3v) is 2.37. The molecule has 1 aromatic heterocycles. The maximum Gasteiger partial charge on any atom is 0.244 e. The maximum atomic E-state index is 11.5. The molecule has 2 N–H and O–H groups in total. The van der Waals surface area contributed by atoms with Crippen molar-refractivity contribution >= 4 is 22.4 Å². The molecule has 72 valence electrons. The van der Waals surface area contributed by atoms with Crippen LogP contribution >= 0.6 is 11.5 Å². The van der Waals surface area contributed by atoms with E-state index in [0.29, 0.717) is 5.00 Å². The third-order valence-electron chi connectivity index (χ3n) is 1.79. The van der Waals surface area contributed by atoms with Gasteiger partial charge in [-0.25, -0.2) is 0 Å². The first kappa shape index (κ1) is 10.1. The predicted octanol–water partition coefficient (Wildman–Crippen LogP) is 0.475. The molecule has 0 fully saturated rings. The highest BCUT2D eigenvalue weighted by Gasteiger charge is 2.25. The van der Waals surface area contributed by atoms with Crippen molar-refractivity contribution in [3.8, 4) is 0 Å². The van der Waals surface area contributed by atoms with Gasteiger partial charge in [0, 0.05) is 11.5 Å². The van der Waals surface area contributed by atoms with Crippen LogP contribution in [0.3, 0.4) is 0 Å². The smallest absolute Gasteiger partial charge is 0.244 e. The molecule has 0 atom stereocenters. The molecule has 0 radical (unpaired) electrons. The van der Waals surface area contributed by atoms with Gasteiger partial charge in [0.05, 0.1) is 11.7 Å². The van der Waals surface area contributed by atoms with Crippen molar-refractivity contribution in [2.45, 2.75) is 19.4 Å². The van der Waals surface area contributed by atoms with Gasteiger partial charge in [0.25, 0.3) is 0 Å². The molecule has 5 nitrogen and oxygen atoms in total. The first-order valence-electron chi connectivity index (χ1n) is 3.84. The number of amides is 1. The van der Waals surface area contributed by atoms with Crippen molar-refractivity contribution in [2.75, 3.05) is 12.4 Å². The summed E-state index contributed by atoms with van der Waals surface area (Å²) in [5.41, 5.74) is -0.579. The molecule has 0 unspecified atom stereocenters. The summed E-state index contributed by atoms with van der Waals surface area (Å²) in [6, 6.07) is 0. The second-order valence-corrected chi connectivity index (χ2v) is 3.90. The number of nitrogens with one attached hydrogen (secondary N) is 2. The van der Waals surface area contributed by atoms with Crippen LogP contribution in [-0.2, 0) is 4.79 Å². The van der Waals surface area contributed by atoms with Gasteiger partial charge in [-0.2, -0.15) is 0 Å². The van der Waals surface area contributed by atoms with Crippen molar-refractivity contribution in [3.63, 3.8) is 0 Å². The Bertz CT molecular complexity index is 283. The maximum absolute atomic E-state index is 11.5. The van der Waals surface area contributed by atoms with Gasteiger partial charge in [0.15, 0.2) is 0 Å². The molecule has 1 aromatic rings. The number of hydrogen-bond acceptors (Lipinski definition) is 5. The van der Waals surface area contributed by atoms with E-state index in [4.69, 9.17) is 0 Å². The molecule has 0 aromatic carbocycles. The van der Waals surface area contributed by atoms with Crippen molar-refractivity contribution in [2.24, 2.45) is 0 Å². The Morgan fingerprint density at radius 2 is 2.31 bits per heavy atom. The molecular weight excluding hydrogens is 188 g/mol. The fraction of sp³-hybridized carbons (Fsp3) is 0.571. The summed E-state index contributed by atoms with van der Waals surface area (Å²) in [5, 5.41) is 9.89. The summed E-state index contributed by atoms with van der Waals surface area (Å²) < 4.78 is 3.64. The van der Waals surface area contributed by atoms with Gasteiger partial charge in [-0.3, -0.25) is 4.79 Å². The Hall–Kier alpha value is -1.01. The molecule has 0 bridgehead atoms. The lowest BCUT2D eigenvalue weighted by Gasteiger charge is -2.21. The highest BCUT2D eigenvalue weighted by Crippen LogP contribution is 2.12.